The monoisotopic (exact) mass is 2070 g/mol. The van der Waals surface area contributed by atoms with Crippen LogP contribution < -0.4 is 157 Å². The van der Waals surface area contributed by atoms with Crippen molar-refractivity contribution in [3.05, 3.63) is 178 Å². The van der Waals surface area contributed by atoms with Crippen LogP contribution in [0.4, 0.5) is 33.2 Å². The molecule has 10 rings (SSSR count). The molecule has 47 heteroatoms. The van der Waals surface area contributed by atoms with Crippen molar-refractivity contribution in [2.45, 2.75) is 240 Å². The number of hydrogen-bond acceptors (Lipinski definition) is 28. The van der Waals surface area contributed by atoms with Gasteiger partial charge in [-0.1, -0.05) is 102 Å². The molecule has 142 heavy (non-hydrogen) atoms. The summed E-state index contributed by atoms with van der Waals surface area (Å²) in [5.41, 5.74) is 15.9. The van der Waals surface area contributed by atoms with Crippen molar-refractivity contribution >= 4 is 145 Å². The zero-order chi connectivity index (χ0) is 102. The summed E-state index contributed by atoms with van der Waals surface area (Å²) in [4.78, 5) is 155. The van der Waals surface area contributed by atoms with Gasteiger partial charge in [-0.2, -0.15) is 4.58 Å². The van der Waals surface area contributed by atoms with Crippen LogP contribution in [0.2, 0.25) is 0 Å². The van der Waals surface area contributed by atoms with E-state index in [1.807, 2.05) is 68.7 Å². The van der Waals surface area contributed by atoms with E-state index in [0.717, 1.165) is 48.9 Å². The van der Waals surface area contributed by atoms with Crippen LogP contribution in [0.1, 0.15) is 214 Å². The number of para-hydroxylation sites is 2. The Morgan fingerprint density at radius 1 is 0.570 bits per heavy atom. The fraction of sp³-hybridized carbons (Fsp3) is 0.474. The SMILES string of the molecule is CC(C)(C)C(=O)CN1C(=O)[C@H](NC(=O)Nc2cccc(C(=O)N[C@@H](CCC(=O)O)C(=O)N[C@@H](CCCNC(N)N)C(=O)N[C@H](CC(=O)O)C(=O)N[C@@H](CCCCNC(=O)c3ccc(C4=C(/C=C/C5=[N+](CCCCS(=O)(=O)[O-])c6ccc(S(=O)(=O)[O-])cc6C5(C)C)CCC/C4=C\C=C4\N(CCCCS(=O)(=O)[O-])c5cc(S(=O)(=O)[O-])ccc5C4(C)C)cc3)C(=O)O)c2)CN(C2CCCCC2)c2ccccc21.[Na+].[Na+].[Na+]. The number of carbonyl (C=O) groups excluding carboxylic acids is 8. The van der Waals surface area contributed by atoms with E-state index in [2.05, 4.69) is 47.4 Å². The topological polar surface area (TPSA) is 638 Å². The summed E-state index contributed by atoms with van der Waals surface area (Å²) in [6.07, 6.45) is 9.83. The molecule has 3 heterocycles. The number of unbranched alkanes of at least 4 members (excludes halogenated alkanes) is 3. The third kappa shape index (κ3) is 33.3. The number of hydrogen-bond donors (Lipinski definition) is 13. The van der Waals surface area contributed by atoms with Crippen LogP contribution in [0.5, 0.6) is 0 Å². The zero-order valence-electron chi connectivity index (χ0n) is 81.4. The van der Waals surface area contributed by atoms with Crippen molar-refractivity contribution in [1.82, 2.24) is 37.2 Å². The van der Waals surface area contributed by atoms with Crippen molar-refractivity contribution in [3.63, 3.8) is 0 Å². The average Bonchev–Trinajstić information content (AvgIpc) is 1.59. The number of rotatable bonds is 46. The molecule has 0 bridgehead atoms. The number of nitrogens with two attached hydrogens (primary N) is 2. The van der Waals surface area contributed by atoms with Crippen molar-refractivity contribution in [2.24, 2.45) is 16.9 Å². The van der Waals surface area contributed by atoms with Gasteiger partial charge in [0.05, 0.1) is 59.8 Å². The van der Waals surface area contributed by atoms with Crippen molar-refractivity contribution < 1.29 is 213 Å². The quantitative estimate of drug-likeness (QED) is 0.00645. The van der Waals surface area contributed by atoms with Crippen molar-refractivity contribution in [3.8, 4) is 0 Å². The Morgan fingerprint density at radius 3 is 1.80 bits per heavy atom. The summed E-state index contributed by atoms with van der Waals surface area (Å²) in [7, 11) is -19.1. The Bertz CT molecular complexity index is 6160. The molecular formula is C95H121N14Na3O26S4. The number of nitrogens with one attached hydrogen (secondary N) is 8. The summed E-state index contributed by atoms with van der Waals surface area (Å²) in [6, 6.07) is 18.0. The molecule has 754 valence electrons. The van der Waals surface area contributed by atoms with E-state index in [4.69, 9.17) is 11.5 Å². The van der Waals surface area contributed by atoms with E-state index in [1.54, 1.807) is 62.1 Å². The number of urea groups is 1. The largest absolute Gasteiger partial charge is 1.00 e. The molecule has 0 radical (unpaired) electrons. The van der Waals surface area contributed by atoms with Gasteiger partial charge in [0.2, 0.25) is 23.4 Å². The first-order chi connectivity index (χ1) is 65.2. The van der Waals surface area contributed by atoms with Gasteiger partial charge in [0, 0.05) is 107 Å². The molecule has 40 nitrogen and oxygen atoms in total. The molecule has 5 atom stereocenters. The number of benzene rings is 5. The van der Waals surface area contributed by atoms with Gasteiger partial charge in [0.1, 0.15) is 63.3 Å². The van der Waals surface area contributed by atoms with Crippen LogP contribution >= 0.6 is 0 Å². The number of Topliss-reactive ketones (excluding diaryl/α,β-unsaturated/α-hetero) is 1. The molecule has 2 aliphatic carbocycles. The van der Waals surface area contributed by atoms with E-state index in [9.17, 15) is 120 Å². The van der Waals surface area contributed by atoms with Crippen LogP contribution in [0.3, 0.4) is 0 Å². The smallest absolute Gasteiger partial charge is 0.748 e. The molecule has 0 spiro atoms. The number of anilines is 4. The standard InChI is InChI=1S/C95H124N14O26S4.3Na/c1-93(2,3)80(110)57-109-76-31-12-11-30-75(76)108(64-26-9-8-10-27-64)56-73(89(109)120)105-92(123)100-63-25-20-24-62(52-63)85(116)101-70(41-45-81(111)112)87(118)102-69(29-21-47-99-91(96)97)86(117)104-72(55-82(113)114)88(119)103-71(90(121)122)28-13-14-46-98-84(115)61-34-32-60(33-35-61)83-58(36-43-78-94(4,5)67-40-38-66(139(133,134)135)54-77(67)107(78)49-16-18-51-137(127,128)129)22-19-23-59(83)37-44-79-95(6,7)68-53-65(138(130,131)132)39-42-74(68)106(79)48-15-17-50-136(124,125)126;;;/h11-12,20,24-25,30-40,42-44,52-54,64,69-73,91,99H,8-10,13-19,21-23,26-29,41,45-51,55-57,96-97H2,1-7H3,(H13-,98,100,101,102,103,104,105,111,112,113,114,115,116,117,118,119,121,122,123,124,125,126,127,128,129,130,131,132,133,134,135);;;/q;3*+1/p-3/t69-,70-,71-,72+,73+;;;/m0.../s1. The average molecular weight is 2070 g/mol. The van der Waals surface area contributed by atoms with E-state index >= 15 is 0 Å². The van der Waals surface area contributed by atoms with Gasteiger partial charge in [-0.3, -0.25) is 48.5 Å². The first kappa shape index (κ1) is 120. The fourth-order valence-electron chi connectivity index (χ4n) is 17.9. The number of aliphatic carboxylic acids is 3. The number of allylic oxidation sites excluding steroid dienone is 8. The number of carboxylic acid groups (broad SMARTS) is 3. The normalized spacial score (nSPS) is 17.4. The maximum absolute atomic E-state index is 14.7. The predicted octanol–water partition coefficient (Wildman–Crippen LogP) is -2.23. The summed E-state index contributed by atoms with van der Waals surface area (Å²) in [5.74, 6) is -11.8. The molecule has 0 aromatic heterocycles. The van der Waals surface area contributed by atoms with Gasteiger partial charge in [-0.15, -0.1) is 0 Å². The fourth-order valence-corrected chi connectivity index (χ4v) is 20.0. The molecule has 1 fully saturated rings. The minimum absolute atomic E-state index is 0. The molecule has 15 N–H and O–H groups in total. The molecule has 1 saturated carbocycles. The van der Waals surface area contributed by atoms with Crippen molar-refractivity contribution in [1.29, 1.82) is 0 Å². The van der Waals surface area contributed by atoms with Gasteiger partial charge in [0.15, 0.2) is 11.5 Å². The Balaban J connectivity index is 0.00000913. The van der Waals surface area contributed by atoms with E-state index < -0.39 is 193 Å². The number of carboxylic acids is 3. The molecule has 8 amide bonds. The molecule has 3 aliphatic heterocycles. The number of fused-ring (bicyclic) bond motifs is 3. The first-order valence-corrected chi connectivity index (χ1v) is 51.9. The van der Waals surface area contributed by atoms with E-state index in [0.29, 0.717) is 70.0 Å². The zero-order valence-corrected chi connectivity index (χ0v) is 90.6. The minimum Gasteiger partial charge on any atom is -0.748 e. The van der Waals surface area contributed by atoms with Crippen LogP contribution in [0, 0.1) is 5.41 Å². The van der Waals surface area contributed by atoms with E-state index in [-0.39, 0.29) is 214 Å². The molecule has 5 aromatic rings. The van der Waals surface area contributed by atoms with Gasteiger partial charge < -0.3 is 96.9 Å². The number of nitrogens with zero attached hydrogens (tertiary/aromatic N) is 4. The van der Waals surface area contributed by atoms with Gasteiger partial charge in [-0.05, 0) is 211 Å². The van der Waals surface area contributed by atoms with Gasteiger partial charge >= 0.3 is 113 Å². The Kier molecular flexibility index (Phi) is 44.2. The number of ketones is 1. The summed E-state index contributed by atoms with van der Waals surface area (Å²) >= 11 is 0. The second-order valence-corrected chi connectivity index (χ2v) is 43.1. The molecule has 0 saturated heterocycles. The molecule has 0 unspecified atom stereocenters. The third-order valence-corrected chi connectivity index (χ3v) is 28.5. The number of carbonyl (C=O) groups is 11. The Morgan fingerprint density at radius 2 is 1.18 bits per heavy atom. The maximum atomic E-state index is 14.7. The number of amides is 8. The maximum Gasteiger partial charge on any atom is 1.00 e. The summed E-state index contributed by atoms with van der Waals surface area (Å²) in [5, 5.41) is 50.8. The summed E-state index contributed by atoms with van der Waals surface area (Å²) in [6.45, 7) is 12.6. The molecule has 5 aliphatic rings. The van der Waals surface area contributed by atoms with Gasteiger partial charge in [-0.25, -0.2) is 43.3 Å². The second-order valence-electron chi connectivity index (χ2n) is 37.3. The van der Waals surface area contributed by atoms with Crippen LogP contribution in [0.25, 0.3) is 5.57 Å². The first-order valence-electron chi connectivity index (χ1n) is 45.9. The van der Waals surface area contributed by atoms with Crippen molar-refractivity contribution in [2.75, 3.05) is 70.8 Å². The third-order valence-electron chi connectivity index (χ3n) is 25.3. The van der Waals surface area contributed by atoms with Crippen LogP contribution in [-0.2, 0) is 89.7 Å². The van der Waals surface area contributed by atoms with Crippen LogP contribution in [0.15, 0.2) is 160 Å². The molecular weight excluding hydrogens is 1950 g/mol. The minimum atomic E-state index is -4.97. The second kappa shape index (κ2) is 52.4. The van der Waals surface area contributed by atoms with Crippen LogP contribution in [-0.4, -0.2) is 236 Å². The Hall–Kier alpha value is -8.98. The molecule has 5 aromatic carbocycles. The summed E-state index contributed by atoms with van der Waals surface area (Å²) < 4.78 is 147. The Labute approximate surface area is 893 Å². The van der Waals surface area contributed by atoms with Gasteiger partial charge in [0.25, 0.3) is 17.7 Å². The van der Waals surface area contributed by atoms with E-state index in [1.165, 1.54) is 65.6 Å². The predicted molar refractivity (Wildman–Crippen MR) is 511 cm³/mol.